The van der Waals surface area contributed by atoms with E-state index >= 15 is 0 Å². The molecule has 1 saturated heterocycles. The molecular formula is C13H19N3O2. The van der Waals surface area contributed by atoms with Crippen LogP contribution in [0, 0.1) is 0 Å². The minimum Gasteiger partial charge on any atom is -0.396 e. The summed E-state index contributed by atoms with van der Waals surface area (Å²) in [5, 5.41) is 8.88. The van der Waals surface area contributed by atoms with E-state index in [1.165, 1.54) is 0 Å². The number of anilines is 1. The highest BCUT2D eigenvalue weighted by atomic mass is 16.3. The standard InChI is InChI=1S/C13H19N3O2/c14-12-9-10(5-6-15-12)13(18)16-7-1-3-11(16)4-2-8-17/h5-6,9,11,17H,1-4,7-8H2,(H2,14,15). The number of likely N-dealkylation sites (tertiary alicyclic amines) is 1. The largest absolute Gasteiger partial charge is 0.396 e. The van der Waals surface area contributed by atoms with Gasteiger partial charge < -0.3 is 15.7 Å². The Kier molecular flexibility index (Phi) is 4.15. The molecule has 1 atom stereocenters. The summed E-state index contributed by atoms with van der Waals surface area (Å²) < 4.78 is 0. The van der Waals surface area contributed by atoms with Crippen molar-refractivity contribution in [3.05, 3.63) is 23.9 Å². The van der Waals surface area contributed by atoms with Crippen molar-refractivity contribution >= 4 is 11.7 Å². The topological polar surface area (TPSA) is 79.5 Å². The Labute approximate surface area is 107 Å². The van der Waals surface area contributed by atoms with E-state index in [0.717, 1.165) is 32.2 Å². The lowest BCUT2D eigenvalue weighted by atomic mass is 10.1. The molecule has 98 valence electrons. The van der Waals surface area contributed by atoms with Crippen LogP contribution in [0.3, 0.4) is 0 Å². The van der Waals surface area contributed by atoms with Gasteiger partial charge in [0.15, 0.2) is 0 Å². The van der Waals surface area contributed by atoms with Crippen LogP contribution in [0.2, 0.25) is 0 Å². The molecule has 3 N–H and O–H groups in total. The molecule has 0 radical (unpaired) electrons. The Morgan fingerprint density at radius 1 is 1.61 bits per heavy atom. The molecule has 18 heavy (non-hydrogen) atoms. The number of nitrogens with zero attached hydrogens (tertiary/aromatic N) is 2. The van der Waals surface area contributed by atoms with Crippen molar-refractivity contribution in [2.24, 2.45) is 0 Å². The van der Waals surface area contributed by atoms with Gasteiger partial charge in [0.2, 0.25) is 0 Å². The smallest absolute Gasteiger partial charge is 0.254 e. The molecule has 2 rings (SSSR count). The number of carbonyl (C=O) groups excluding carboxylic acids is 1. The van der Waals surface area contributed by atoms with Crippen LogP contribution in [0.15, 0.2) is 18.3 Å². The average molecular weight is 249 g/mol. The lowest BCUT2D eigenvalue weighted by molar-refractivity contribution is 0.0724. The Morgan fingerprint density at radius 2 is 2.44 bits per heavy atom. The van der Waals surface area contributed by atoms with Crippen LogP contribution in [0.1, 0.15) is 36.0 Å². The van der Waals surface area contributed by atoms with Crippen LogP contribution >= 0.6 is 0 Å². The minimum absolute atomic E-state index is 0.0181. The molecule has 2 heterocycles. The zero-order valence-corrected chi connectivity index (χ0v) is 10.4. The Morgan fingerprint density at radius 3 is 3.17 bits per heavy atom. The van der Waals surface area contributed by atoms with Crippen LogP contribution in [0.25, 0.3) is 0 Å². The quantitative estimate of drug-likeness (QED) is 0.835. The summed E-state index contributed by atoms with van der Waals surface area (Å²) >= 11 is 0. The molecule has 1 fully saturated rings. The first-order valence-electron chi connectivity index (χ1n) is 6.35. The van der Waals surface area contributed by atoms with Crippen LogP contribution in [0.5, 0.6) is 0 Å². The van der Waals surface area contributed by atoms with Gasteiger partial charge in [-0.25, -0.2) is 4.98 Å². The average Bonchev–Trinajstić information content (AvgIpc) is 2.83. The highest BCUT2D eigenvalue weighted by Crippen LogP contribution is 2.23. The third-order valence-corrected chi connectivity index (χ3v) is 3.36. The number of hydrogen-bond donors (Lipinski definition) is 2. The molecular weight excluding hydrogens is 230 g/mol. The minimum atomic E-state index is 0.0181. The number of hydrogen-bond acceptors (Lipinski definition) is 4. The summed E-state index contributed by atoms with van der Waals surface area (Å²) in [7, 11) is 0. The zero-order valence-electron chi connectivity index (χ0n) is 10.4. The first-order chi connectivity index (χ1) is 8.72. The van der Waals surface area contributed by atoms with Gasteiger partial charge in [-0.2, -0.15) is 0 Å². The van der Waals surface area contributed by atoms with Gasteiger partial charge >= 0.3 is 0 Å². The number of pyridine rings is 1. The van der Waals surface area contributed by atoms with Crippen LogP contribution in [0.4, 0.5) is 5.82 Å². The molecule has 1 unspecified atom stereocenters. The van der Waals surface area contributed by atoms with Gasteiger partial charge in [0, 0.05) is 31.0 Å². The first-order valence-corrected chi connectivity index (χ1v) is 6.35. The maximum atomic E-state index is 12.4. The molecule has 5 heteroatoms. The third-order valence-electron chi connectivity index (χ3n) is 3.36. The fraction of sp³-hybridized carbons (Fsp3) is 0.538. The number of rotatable bonds is 4. The Balaban J connectivity index is 2.08. The fourth-order valence-electron chi connectivity index (χ4n) is 2.48. The SMILES string of the molecule is Nc1cc(C(=O)N2CCCC2CCCO)ccn1. The predicted octanol–water partition coefficient (Wildman–Crippen LogP) is 1.04. The monoisotopic (exact) mass is 249 g/mol. The molecule has 1 aliphatic rings. The summed E-state index contributed by atoms with van der Waals surface area (Å²) in [6.45, 7) is 0.970. The summed E-state index contributed by atoms with van der Waals surface area (Å²) in [6.07, 6.45) is 5.21. The maximum absolute atomic E-state index is 12.4. The number of aromatic nitrogens is 1. The molecule has 1 aromatic heterocycles. The Bertz CT molecular complexity index is 422. The second kappa shape index (κ2) is 5.82. The van der Waals surface area contributed by atoms with E-state index in [4.69, 9.17) is 10.8 Å². The lowest BCUT2D eigenvalue weighted by Crippen LogP contribution is -2.35. The third kappa shape index (κ3) is 2.79. The highest BCUT2D eigenvalue weighted by Gasteiger charge is 2.28. The molecule has 0 spiro atoms. The number of aliphatic hydroxyl groups excluding tert-OH is 1. The van der Waals surface area contributed by atoms with E-state index < -0.39 is 0 Å². The van der Waals surface area contributed by atoms with Crippen molar-refractivity contribution in [2.45, 2.75) is 31.7 Å². The molecule has 0 saturated carbocycles. The van der Waals surface area contributed by atoms with Gasteiger partial charge in [0.05, 0.1) is 0 Å². The number of carbonyl (C=O) groups is 1. The molecule has 0 aromatic carbocycles. The van der Waals surface area contributed by atoms with Gasteiger partial charge in [-0.3, -0.25) is 4.79 Å². The molecule has 5 nitrogen and oxygen atoms in total. The van der Waals surface area contributed by atoms with Gasteiger partial charge in [-0.05, 0) is 37.8 Å². The summed E-state index contributed by atoms with van der Waals surface area (Å²) in [5.41, 5.74) is 6.19. The number of amides is 1. The second-order valence-electron chi connectivity index (χ2n) is 4.63. The van der Waals surface area contributed by atoms with Crippen LogP contribution in [-0.2, 0) is 0 Å². The van der Waals surface area contributed by atoms with Crippen molar-refractivity contribution in [3.8, 4) is 0 Å². The molecule has 1 aliphatic heterocycles. The van der Waals surface area contributed by atoms with Gasteiger partial charge in [0.25, 0.3) is 5.91 Å². The van der Waals surface area contributed by atoms with Crippen molar-refractivity contribution in [3.63, 3.8) is 0 Å². The normalized spacial score (nSPS) is 19.2. The van der Waals surface area contributed by atoms with E-state index in [-0.39, 0.29) is 18.6 Å². The maximum Gasteiger partial charge on any atom is 0.254 e. The highest BCUT2D eigenvalue weighted by molar-refractivity contribution is 5.95. The fourth-order valence-corrected chi connectivity index (χ4v) is 2.48. The van der Waals surface area contributed by atoms with E-state index in [2.05, 4.69) is 4.98 Å². The molecule has 1 amide bonds. The van der Waals surface area contributed by atoms with Crippen LogP contribution in [-0.4, -0.2) is 40.1 Å². The van der Waals surface area contributed by atoms with Crippen LogP contribution < -0.4 is 5.73 Å². The Hall–Kier alpha value is -1.62. The van der Waals surface area contributed by atoms with Crippen molar-refractivity contribution in [1.29, 1.82) is 0 Å². The van der Waals surface area contributed by atoms with E-state index in [1.54, 1.807) is 18.3 Å². The first kappa shape index (κ1) is 12.8. The zero-order chi connectivity index (χ0) is 13.0. The van der Waals surface area contributed by atoms with Gasteiger partial charge in [-0.1, -0.05) is 0 Å². The van der Waals surface area contributed by atoms with Crippen molar-refractivity contribution in [2.75, 3.05) is 18.9 Å². The molecule has 0 aliphatic carbocycles. The predicted molar refractivity (Wildman–Crippen MR) is 69.0 cm³/mol. The lowest BCUT2D eigenvalue weighted by Gasteiger charge is -2.24. The summed E-state index contributed by atoms with van der Waals surface area (Å²) in [4.78, 5) is 18.1. The number of nitrogen functional groups attached to an aromatic ring is 1. The van der Waals surface area contributed by atoms with E-state index in [0.29, 0.717) is 11.4 Å². The number of nitrogens with two attached hydrogens (primary N) is 1. The molecule has 1 aromatic rings. The molecule has 0 bridgehead atoms. The number of aliphatic hydroxyl groups is 1. The van der Waals surface area contributed by atoms with Gasteiger partial charge in [0.1, 0.15) is 5.82 Å². The summed E-state index contributed by atoms with van der Waals surface area (Å²) in [5.74, 6) is 0.386. The van der Waals surface area contributed by atoms with Crippen molar-refractivity contribution < 1.29 is 9.90 Å². The van der Waals surface area contributed by atoms with Crippen molar-refractivity contribution in [1.82, 2.24) is 9.88 Å². The second-order valence-corrected chi connectivity index (χ2v) is 4.63. The van der Waals surface area contributed by atoms with E-state index in [1.807, 2.05) is 4.90 Å². The summed E-state index contributed by atoms with van der Waals surface area (Å²) in [6, 6.07) is 3.56. The van der Waals surface area contributed by atoms with E-state index in [9.17, 15) is 4.79 Å². The van der Waals surface area contributed by atoms with Gasteiger partial charge in [-0.15, -0.1) is 0 Å².